The molecule has 2 heterocycles. The number of nitrogens with zero attached hydrogens (tertiary/aromatic N) is 2. The van der Waals surface area contributed by atoms with E-state index in [0.717, 1.165) is 36.1 Å². The largest absolute Gasteiger partial charge is 0.358 e. The molecular weight excluding hydrogens is 326 g/mol. The summed E-state index contributed by atoms with van der Waals surface area (Å²) in [7, 11) is 1.64. The number of carbonyl (C=O) groups is 2. The first-order valence-electron chi connectivity index (χ1n) is 8.00. The standard InChI is InChI=1S/C16H21N5O2S/c1-17-14(22)10-21-8-6-11(7-9-21)18-15(23)20-16-19-12-4-2-3-5-13(12)24-16/h2-5,11H,6-10H2,1H3,(H,17,22)(H2,18,19,20,23). The predicted molar refractivity (Wildman–Crippen MR) is 95.3 cm³/mol. The summed E-state index contributed by atoms with van der Waals surface area (Å²) >= 11 is 1.46. The van der Waals surface area contributed by atoms with E-state index in [2.05, 4.69) is 25.8 Å². The van der Waals surface area contributed by atoms with Crippen LogP contribution in [-0.2, 0) is 4.79 Å². The van der Waals surface area contributed by atoms with Crippen molar-refractivity contribution in [2.24, 2.45) is 0 Å². The number of hydrogen-bond donors (Lipinski definition) is 3. The average Bonchev–Trinajstić information content (AvgIpc) is 2.98. The fourth-order valence-electron chi connectivity index (χ4n) is 2.76. The van der Waals surface area contributed by atoms with Crippen LogP contribution in [0.4, 0.5) is 9.93 Å². The van der Waals surface area contributed by atoms with Gasteiger partial charge in [-0.1, -0.05) is 23.5 Å². The van der Waals surface area contributed by atoms with Gasteiger partial charge >= 0.3 is 6.03 Å². The number of likely N-dealkylation sites (N-methyl/N-ethyl adjacent to an activating group) is 1. The highest BCUT2D eigenvalue weighted by atomic mass is 32.1. The number of amides is 3. The molecule has 3 rings (SSSR count). The number of anilines is 1. The second kappa shape index (κ2) is 7.59. The molecule has 1 fully saturated rings. The molecule has 24 heavy (non-hydrogen) atoms. The maximum Gasteiger partial charge on any atom is 0.321 e. The summed E-state index contributed by atoms with van der Waals surface area (Å²) in [6.45, 7) is 2.03. The lowest BCUT2D eigenvalue weighted by Gasteiger charge is -2.31. The molecule has 1 aromatic heterocycles. The number of thiazole rings is 1. The molecular formula is C16H21N5O2S. The van der Waals surface area contributed by atoms with Crippen molar-refractivity contribution in [1.29, 1.82) is 0 Å². The van der Waals surface area contributed by atoms with Gasteiger partial charge < -0.3 is 10.6 Å². The Morgan fingerprint density at radius 3 is 2.75 bits per heavy atom. The Bertz CT molecular complexity index is 691. The summed E-state index contributed by atoms with van der Waals surface area (Å²) in [6.07, 6.45) is 1.68. The molecule has 2 aromatic rings. The topological polar surface area (TPSA) is 86.4 Å². The Balaban J connectivity index is 1.46. The molecule has 1 aromatic carbocycles. The number of benzene rings is 1. The number of nitrogens with one attached hydrogen (secondary N) is 3. The quantitative estimate of drug-likeness (QED) is 0.785. The molecule has 1 aliphatic heterocycles. The SMILES string of the molecule is CNC(=O)CN1CCC(NC(=O)Nc2nc3ccccc3s2)CC1. The average molecular weight is 347 g/mol. The minimum atomic E-state index is -0.223. The van der Waals surface area contributed by atoms with Crippen molar-refractivity contribution in [1.82, 2.24) is 20.5 Å². The molecule has 1 saturated heterocycles. The lowest BCUT2D eigenvalue weighted by Crippen LogP contribution is -2.48. The Hall–Kier alpha value is -2.19. The number of para-hydroxylation sites is 1. The smallest absolute Gasteiger partial charge is 0.321 e. The minimum absolute atomic E-state index is 0.0231. The van der Waals surface area contributed by atoms with Crippen LogP contribution in [0.1, 0.15) is 12.8 Å². The van der Waals surface area contributed by atoms with Crippen LogP contribution in [0, 0.1) is 0 Å². The fourth-order valence-corrected chi connectivity index (χ4v) is 3.62. The zero-order valence-corrected chi connectivity index (χ0v) is 14.4. The van der Waals surface area contributed by atoms with Gasteiger partial charge in [-0.3, -0.25) is 15.0 Å². The molecule has 3 N–H and O–H groups in total. The van der Waals surface area contributed by atoms with Gasteiger partial charge in [0.05, 0.1) is 16.8 Å². The van der Waals surface area contributed by atoms with Gasteiger partial charge in [-0.15, -0.1) is 0 Å². The van der Waals surface area contributed by atoms with Gasteiger partial charge in [0.2, 0.25) is 5.91 Å². The molecule has 0 bridgehead atoms. The number of likely N-dealkylation sites (tertiary alicyclic amines) is 1. The zero-order chi connectivity index (χ0) is 16.9. The van der Waals surface area contributed by atoms with E-state index in [4.69, 9.17) is 0 Å². The van der Waals surface area contributed by atoms with Crippen LogP contribution >= 0.6 is 11.3 Å². The highest BCUT2D eigenvalue weighted by Crippen LogP contribution is 2.25. The van der Waals surface area contributed by atoms with E-state index in [1.54, 1.807) is 7.05 Å². The van der Waals surface area contributed by atoms with Crippen molar-refractivity contribution in [3.05, 3.63) is 24.3 Å². The maximum atomic E-state index is 12.1. The van der Waals surface area contributed by atoms with E-state index in [-0.39, 0.29) is 18.0 Å². The molecule has 0 atom stereocenters. The van der Waals surface area contributed by atoms with Crippen LogP contribution in [0.3, 0.4) is 0 Å². The molecule has 0 saturated carbocycles. The van der Waals surface area contributed by atoms with Crippen molar-refractivity contribution in [3.8, 4) is 0 Å². The summed E-state index contributed by atoms with van der Waals surface area (Å²) in [5, 5.41) is 9.03. The van der Waals surface area contributed by atoms with Crippen molar-refractivity contribution >= 4 is 38.6 Å². The van der Waals surface area contributed by atoms with Gasteiger partial charge in [0.15, 0.2) is 5.13 Å². The lowest BCUT2D eigenvalue weighted by atomic mass is 10.1. The molecule has 0 radical (unpaired) electrons. The molecule has 1 aliphatic rings. The van der Waals surface area contributed by atoms with E-state index in [0.29, 0.717) is 11.7 Å². The molecule has 7 nitrogen and oxygen atoms in total. The van der Waals surface area contributed by atoms with Crippen LogP contribution in [0.2, 0.25) is 0 Å². The molecule has 128 valence electrons. The third-order valence-corrected chi connectivity index (χ3v) is 5.04. The number of carbonyl (C=O) groups excluding carboxylic acids is 2. The van der Waals surface area contributed by atoms with Gasteiger partial charge in [-0.2, -0.15) is 0 Å². The van der Waals surface area contributed by atoms with Crippen LogP contribution in [0.5, 0.6) is 0 Å². The second-order valence-electron chi connectivity index (χ2n) is 5.81. The first kappa shape index (κ1) is 16.7. The van der Waals surface area contributed by atoms with E-state index < -0.39 is 0 Å². The van der Waals surface area contributed by atoms with Crippen molar-refractivity contribution < 1.29 is 9.59 Å². The first-order chi connectivity index (χ1) is 11.6. The van der Waals surface area contributed by atoms with Gasteiger partial charge in [0, 0.05) is 26.2 Å². The summed E-state index contributed by atoms with van der Waals surface area (Å²) in [4.78, 5) is 30.0. The third kappa shape index (κ3) is 4.21. The van der Waals surface area contributed by atoms with Crippen LogP contribution in [-0.4, -0.2) is 54.5 Å². The zero-order valence-electron chi connectivity index (χ0n) is 13.5. The van der Waals surface area contributed by atoms with Crippen molar-refractivity contribution in [2.75, 3.05) is 32.0 Å². The van der Waals surface area contributed by atoms with Crippen molar-refractivity contribution in [2.45, 2.75) is 18.9 Å². The Labute approximate surface area is 144 Å². The molecule has 8 heteroatoms. The first-order valence-corrected chi connectivity index (χ1v) is 8.81. The van der Waals surface area contributed by atoms with Crippen LogP contribution in [0.15, 0.2) is 24.3 Å². The van der Waals surface area contributed by atoms with E-state index in [1.807, 2.05) is 24.3 Å². The highest BCUT2D eigenvalue weighted by molar-refractivity contribution is 7.22. The number of fused-ring (bicyclic) bond motifs is 1. The monoisotopic (exact) mass is 347 g/mol. The Morgan fingerprint density at radius 2 is 2.04 bits per heavy atom. The number of piperidine rings is 1. The number of urea groups is 1. The van der Waals surface area contributed by atoms with Gasteiger partial charge in [-0.25, -0.2) is 9.78 Å². The van der Waals surface area contributed by atoms with Crippen molar-refractivity contribution in [3.63, 3.8) is 0 Å². The maximum absolute atomic E-state index is 12.1. The van der Waals surface area contributed by atoms with Gasteiger partial charge in [0.1, 0.15) is 0 Å². The number of aromatic nitrogens is 1. The number of hydrogen-bond acceptors (Lipinski definition) is 5. The molecule has 3 amide bonds. The highest BCUT2D eigenvalue weighted by Gasteiger charge is 2.22. The second-order valence-corrected chi connectivity index (χ2v) is 6.84. The number of rotatable bonds is 4. The predicted octanol–water partition coefficient (Wildman–Crippen LogP) is 1.63. The third-order valence-electron chi connectivity index (χ3n) is 4.08. The molecule has 0 spiro atoms. The summed E-state index contributed by atoms with van der Waals surface area (Å²) < 4.78 is 1.05. The summed E-state index contributed by atoms with van der Waals surface area (Å²) in [5.74, 6) is 0.0231. The minimum Gasteiger partial charge on any atom is -0.358 e. The summed E-state index contributed by atoms with van der Waals surface area (Å²) in [5.41, 5.74) is 0.889. The normalized spacial score (nSPS) is 16.0. The fraction of sp³-hybridized carbons (Fsp3) is 0.438. The molecule has 0 unspecified atom stereocenters. The molecule has 0 aliphatic carbocycles. The summed E-state index contributed by atoms with van der Waals surface area (Å²) in [6, 6.07) is 7.70. The Kier molecular flexibility index (Phi) is 5.27. The Morgan fingerprint density at radius 1 is 1.29 bits per heavy atom. The van der Waals surface area contributed by atoms with Crippen LogP contribution < -0.4 is 16.0 Å². The van der Waals surface area contributed by atoms with Crippen LogP contribution in [0.25, 0.3) is 10.2 Å². The van der Waals surface area contributed by atoms with E-state index in [9.17, 15) is 9.59 Å². The van der Waals surface area contributed by atoms with E-state index >= 15 is 0 Å². The van der Waals surface area contributed by atoms with E-state index in [1.165, 1.54) is 11.3 Å². The lowest BCUT2D eigenvalue weighted by molar-refractivity contribution is -0.122. The van der Waals surface area contributed by atoms with Gasteiger partial charge in [0.25, 0.3) is 0 Å². The van der Waals surface area contributed by atoms with Gasteiger partial charge in [-0.05, 0) is 25.0 Å².